The van der Waals surface area contributed by atoms with Crippen molar-refractivity contribution in [3.8, 4) is 11.3 Å². The molecule has 2 fully saturated rings. The van der Waals surface area contributed by atoms with Gasteiger partial charge in [0.25, 0.3) is 0 Å². The second-order valence-corrected chi connectivity index (χ2v) is 8.43. The lowest BCUT2D eigenvalue weighted by Gasteiger charge is -2.37. The molecule has 0 amide bonds. The maximum Gasteiger partial charge on any atom is 0.229 e. The lowest BCUT2D eigenvalue weighted by Crippen LogP contribution is -2.47. The van der Waals surface area contributed by atoms with Gasteiger partial charge in [0.2, 0.25) is 5.95 Å². The quantitative estimate of drug-likeness (QED) is 0.640. The van der Waals surface area contributed by atoms with Crippen molar-refractivity contribution in [3.05, 3.63) is 36.7 Å². The SMILES string of the molecule is C[C@@H]1CN(c2nc(N3CCOC[C@@H]3C)c3ccc(-c4ccncc4)nc3n2)C[C@H](C)O1. The Morgan fingerprint density at radius 1 is 0.935 bits per heavy atom. The summed E-state index contributed by atoms with van der Waals surface area (Å²) >= 11 is 0. The minimum Gasteiger partial charge on any atom is -0.377 e. The highest BCUT2D eigenvalue weighted by atomic mass is 16.5. The Morgan fingerprint density at radius 2 is 1.71 bits per heavy atom. The molecule has 0 unspecified atom stereocenters. The largest absolute Gasteiger partial charge is 0.377 e. The van der Waals surface area contributed by atoms with Crippen LogP contribution in [0.3, 0.4) is 0 Å². The summed E-state index contributed by atoms with van der Waals surface area (Å²) in [6.45, 7) is 10.1. The molecule has 0 aliphatic carbocycles. The van der Waals surface area contributed by atoms with Crippen molar-refractivity contribution in [2.75, 3.05) is 42.6 Å². The lowest BCUT2D eigenvalue weighted by molar-refractivity contribution is -0.00570. The van der Waals surface area contributed by atoms with Gasteiger partial charge in [-0.3, -0.25) is 4.98 Å². The van der Waals surface area contributed by atoms with Crippen molar-refractivity contribution in [2.45, 2.75) is 39.0 Å². The molecule has 0 N–H and O–H groups in total. The van der Waals surface area contributed by atoms with E-state index < -0.39 is 0 Å². The van der Waals surface area contributed by atoms with Crippen LogP contribution in [-0.4, -0.2) is 71.0 Å². The molecule has 3 aromatic heterocycles. The Bertz CT molecular complexity index is 1050. The standard InChI is InChI=1S/C23H28N6O2/c1-15-14-30-11-10-29(15)22-19-4-5-20(18-6-8-24-9-7-18)25-21(19)26-23(27-22)28-12-16(2)31-17(3)13-28/h4-9,15-17H,10-14H2,1-3H3/t15-,16-,17+/m0/s1. The van der Waals surface area contributed by atoms with Crippen LogP contribution in [-0.2, 0) is 9.47 Å². The molecule has 0 bridgehead atoms. The van der Waals surface area contributed by atoms with Crippen molar-refractivity contribution < 1.29 is 9.47 Å². The van der Waals surface area contributed by atoms with Crippen LogP contribution in [0.1, 0.15) is 20.8 Å². The van der Waals surface area contributed by atoms with Gasteiger partial charge < -0.3 is 19.3 Å². The van der Waals surface area contributed by atoms with Gasteiger partial charge in [-0.2, -0.15) is 9.97 Å². The van der Waals surface area contributed by atoms with E-state index in [9.17, 15) is 0 Å². The molecule has 8 nitrogen and oxygen atoms in total. The molecule has 0 aromatic carbocycles. The molecule has 2 aliphatic heterocycles. The molecular formula is C23H28N6O2. The zero-order valence-corrected chi connectivity index (χ0v) is 18.2. The van der Waals surface area contributed by atoms with Gasteiger partial charge in [-0.25, -0.2) is 4.98 Å². The van der Waals surface area contributed by atoms with Crippen LogP contribution in [0.15, 0.2) is 36.7 Å². The molecule has 5 heterocycles. The molecule has 2 aliphatic rings. The Kier molecular flexibility index (Phi) is 5.41. The maximum absolute atomic E-state index is 5.92. The monoisotopic (exact) mass is 420 g/mol. The molecule has 3 atom stereocenters. The first-order valence-corrected chi connectivity index (χ1v) is 10.9. The molecule has 3 aromatic rings. The topological polar surface area (TPSA) is 76.5 Å². The molecule has 2 saturated heterocycles. The smallest absolute Gasteiger partial charge is 0.229 e. The van der Waals surface area contributed by atoms with Crippen LogP contribution in [0.4, 0.5) is 11.8 Å². The normalized spacial score (nSPS) is 24.5. The van der Waals surface area contributed by atoms with Gasteiger partial charge in [0, 0.05) is 37.6 Å². The molecule has 0 saturated carbocycles. The van der Waals surface area contributed by atoms with Crippen molar-refractivity contribution in [3.63, 3.8) is 0 Å². The third-order valence-corrected chi connectivity index (χ3v) is 5.85. The summed E-state index contributed by atoms with van der Waals surface area (Å²) in [5.41, 5.74) is 2.61. The van der Waals surface area contributed by atoms with Crippen molar-refractivity contribution in [1.29, 1.82) is 0 Å². The summed E-state index contributed by atoms with van der Waals surface area (Å²) in [6, 6.07) is 8.29. The predicted molar refractivity (Wildman–Crippen MR) is 120 cm³/mol. The van der Waals surface area contributed by atoms with E-state index in [1.54, 1.807) is 12.4 Å². The average Bonchev–Trinajstić information content (AvgIpc) is 2.78. The van der Waals surface area contributed by atoms with Crippen LogP contribution in [0.5, 0.6) is 0 Å². The summed E-state index contributed by atoms with van der Waals surface area (Å²) < 4.78 is 11.6. The summed E-state index contributed by atoms with van der Waals surface area (Å²) in [5, 5.41) is 0.963. The van der Waals surface area contributed by atoms with Gasteiger partial charge >= 0.3 is 0 Å². The fraction of sp³-hybridized carbons (Fsp3) is 0.478. The zero-order valence-electron chi connectivity index (χ0n) is 18.2. The van der Waals surface area contributed by atoms with E-state index in [4.69, 9.17) is 24.4 Å². The summed E-state index contributed by atoms with van der Waals surface area (Å²) in [4.78, 5) is 23.5. The van der Waals surface area contributed by atoms with E-state index >= 15 is 0 Å². The maximum atomic E-state index is 5.92. The number of fused-ring (bicyclic) bond motifs is 1. The molecule has 0 spiro atoms. The number of hydrogen-bond donors (Lipinski definition) is 0. The van der Waals surface area contributed by atoms with E-state index in [1.807, 2.05) is 18.2 Å². The Labute approximate surface area is 182 Å². The highest BCUT2D eigenvalue weighted by Gasteiger charge is 2.28. The minimum atomic E-state index is 0.130. The highest BCUT2D eigenvalue weighted by Crippen LogP contribution is 2.31. The summed E-state index contributed by atoms with van der Waals surface area (Å²) in [6.07, 6.45) is 3.82. The Hall–Kier alpha value is -2.84. The van der Waals surface area contributed by atoms with E-state index in [-0.39, 0.29) is 18.2 Å². The Morgan fingerprint density at radius 3 is 2.45 bits per heavy atom. The first-order valence-electron chi connectivity index (χ1n) is 10.9. The van der Waals surface area contributed by atoms with Gasteiger partial charge in [0.1, 0.15) is 5.82 Å². The second-order valence-electron chi connectivity index (χ2n) is 8.43. The van der Waals surface area contributed by atoms with E-state index in [1.165, 1.54) is 0 Å². The number of hydrogen-bond acceptors (Lipinski definition) is 8. The number of anilines is 2. The van der Waals surface area contributed by atoms with E-state index in [0.29, 0.717) is 24.8 Å². The summed E-state index contributed by atoms with van der Waals surface area (Å²) in [7, 11) is 0. The number of morpholine rings is 2. The fourth-order valence-electron chi connectivity index (χ4n) is 4.41. The molecule has 31 heavy (non-hydrogen) atoms. The van der Waals surface area contributed by atoms with Crippen molar-refractivity contribution in [1.82, 2.24) is 19.9 Å². The molecule has 5 rings (SSSR count). The van der Waals surface area contributed by atoms with Crippen molar-refractivity contribution >= 4 is 22.8 Å². The van der Waals surface area contributed by atoms with Crippen LogP contribution in [0.2, 0.25) is 0 Å². The number of nitrogens with zero attached hydrogens (tertiary/aromatic N) is 6. The lowest BCUT2D eigenvalue weighted by atomic mass is 10.1. The second kappa shape index (κ2) is 8.36. The van der Waals surface area contributed by atoms with E-state index in [0.717, 1.165) is 42.1 Å². The number of rotatable bonds is 3. The molecular weight excluding hydrogens is 392 g/mol. The number of aromatic nitrogens is 4. The first-order chi connectivity index (χ1) is 15.1. The van der Waals surface area contributed by atoms with Crippen LogP contribution in [0, 0.1) is 0 Å². The van der Waals surface area contributed by atoms with Gasteiger partial charge in [0.05, 0.1) is 42.5 Å². The predicted octanol–water partition coefficient (Wildman–Crippen LogP) is 2.93. The van der Waals surface area contributed by atoms with Crippen LogP contribution >= 0.6 is 0 Å². The van der Waals surface area contributed by atoms with Crippen LogP contribution < -0.4 is 9.80 Å². The van der Waals surface area contributed by atoms with E-state index in [2.05, 4.69) is 41.6 Å². The number of ether oxygens (including phenoxy) is 2. The average molecular weight is 421 g/mol. The summed E-state index contributed by atoms with van der Waals surface area (Å²) in [5.74, 6) is 1.64. The van der Waals surface area contributed by atoms with Gasteiger partial charge in [-0.1, -0.05) is 0 Å². The van der Waals surface area contributed by atoms with Crippen molar-refractivity contribution in [2.24, 2.45) is 0 Å². The fourth-order valence-corrected chi connectivity index (χ4v) is 4.41. The molecule has 0 radical (unpaired) electrons. The van der Waals surface area contributed by atoms with Gasteiger partial charge in [-0.15, -0.1) is 0 Å². The first kappa shape index (κ1) is 20.1. The third-order valence-electron chi connectivity index (χ3n) is 5.85. The van der Waals surface area contributed by atoms with Gasteiger partial charge in [-0.05, 0) is 45.0 Å². The Balaban J connectivity index is 1.64. The highest BCUT2D eigenvalue weighted by molar-refractivity contribution is 5.90. The molecule has 162 valence electrons. The molecule has 8 heteroatoms. The van der Waals surface area contributed by atoms with Crippen LogP contribution in [0.25, 0.3) is 22.3 Å². The minimum absolute atomic E-state index is 0.130. The third kappa shape index (κ3) is 4.05. The number of pyridine rings is 2. The zero-order chi connectivity index (χ0) is 21.4. The van der Waals surface area contributed by atoms with Gasteiger partial charge in [0.15, 0.2) is 5.65 Å².